The van der Waals surface area contributed by atoms with Crippen LogP contribution >= 0.6 is 11.6 Å². The van der Waals surface area contributed by atoms with Gasteiger partial charge in [-0.25, -0.2) is 0 Å². The van der Waals surface area contributed by atoms with Gasteiger partial charge in [-0.3, -0.25) is 33.6 Å². The van der Waals surface area contributed by atoms with Gasteiger partial charge < -0.3 is 41.9 Å². The number of fused-ring (bicyclic) bond motifs is 2. The topological polar surface area (TPSA) is 215 Å². The van der Waals surface area contributed by atoms with E-state index in [9.17, 15) is 38.7 Å². The minimum Gasteiger partial charge on any atom is -0.391 e. The lowest BCUT2D eigenvalue weighted by Gasteiger charge is -2.31. The number of hydrogen-bond acceptors (Lipinski definition) is 8. The number of nitrogens with zero attached hydrogens (tertiary/aromatic N) is 1. The maximum atomic E-state index is 14.7. The van der Waals surface area contributed by atoms with Gasteiger partial charge in [-0.15, -0.1) is 0 Å². The Morgan fingerprint density at radius 1 is 0.839 bits per heavy atom. The van der Waals surface area contributed by atoms with Gasteiger partial charge in [-0.05, 0) is 69.2 Å². The first-order chi connectivity index (χ1) is 26.6. The van der Waals surface area contributed by atoms with Crippen molar-refractivity contribution >= 4 is 53.0 Å². The fourth-order valence-corrected chi connectivity index (χ4v) is 7.80. The molecule has 3 fully saturated rings. The minimum absolute atomic E-state index is 0.0152. The second-order valence-corrected chi connectivity index (χ2v) is 15.9. The van der Waals surface area contributed by atoms with Crippen LogP contribution in [0, 0.1) is 11.8 Å². The zero-order valence-corrected chi connectivity index (χ0v) is 32.8. The average molecular weight is 794 g/mol. The molecule has 1 aliphatic carbocycles. The van der Waals surface area contributed by atoms with Crippen LogP contribution in [0.25, 0.3) is 0 Å². The predicted molar refractivity (Wildman–Crippen MR) is 207 cm³/mol. The Kier molecular flexibility index (Phi) is 14.1. The molecular weight excluding hydrogens is 742 g/mol. The van der Waals surface area contributed by atoms with Crippen LogP contribution in [-0.4, -0.2) is 106 Å². The van der Waals surface area contributed by atoms with Crippen molar-refractivity contribution < 1.29 is 38.7 Å². The first-order valence-electron chi connectivity index (χ1n) is 19.2. The Hall–Kier alpha value is -5.02. The summed E-state index contributed by atoms with van der Waals surface area (Å²) >= 11 is 6.12. The van der Waals surface area contributed by atoms with E-state index in [4.69, 9.17) is 11.6 Å². The summed E-state index contributed by atoms with van der Waals surface area (Å²) in [5.41, 5.74) is 0.945. The summed E-state index contributed by atoms with van der Waals surface area (Å²) in [5.74, 6) is -5.03. The van der Waals surface area contributed by atoms with Crippen molar-refractivity contribution in [1.29, 1.82) is 0 Å². The zero-order valence-electron chi connectivity index (χ0n) is 32.0. The van der Waals surface area contributed by atoms with Gasteiger partial charge in [-0.2, -0.15) is 0 Å². The van der Waals surface area contributed by atoms with Gasteiger partial charge in [0.25, 0.3) is 5.91 Å². The van der Waals surface area contributed by atoms with Crippen molar-refractivity contribution in [1.82, 2.24) is 36.8 Å². The molecular formula is C40H52ClN7O8. The molecule has 3 aliphatic rings. The number of aliphatic hydroxyl groups is 1. The summed E-state index contributed by atoms with van der Waals surface area (Å²) in [7, 11) is 0. The number of carbonyl (C=O) groups is 7. The minimum atomic E-state index is -1.52. The van der Waals surface area contributed by atoms with E-state index in [1.165, 1.54) is 24.8 Å². The highest BCUT2D eigenvalue weighted by molar-refractivity contribution is 6.31. The highest BCUT2D eigenvalue weighted by atomic mass is 35.5. The van der Waals surface area contributed by atoms with Gasteiger partial charge in [-0.1, -0.05) is 68.3 Å². The summed E-state index contributed by atoms with van der Waals surface area (Å²) in [4.78, 5) is 98.2. The largest absolute Gasteiger partial charge is 0.391 e. The molecule has 302 valence electrons. The molecule has 2 saturated heterocycles. The molecule has 1 saturated carbocycles. The van der Waals surface area contributed by atoms with E-state index >= 15 is 0 Å². The Morgan fingerprint density at radius 3 is 2.23 bits per heavy atom. The maximum absolute atomic E-state index is 14.7. The van der Waals surface area contributed by atoms with E-state index in [2.05, 4.69) is 31.9 Å². The van der Waals surface area contributed by atoms with E-state index < -0.39 is 95.7 Å². The van der Waals surface area contributed by atoms with Gasteiger partial charge in [0.05, 0.1) is 12.0 Å². The van der Waals surface area contributed by atoms with Crippen LogP contribution in [0.4, 0.5) is 0 Å². The molecule has 2 heterocycles. The number of amides is 7. The maximum Gasteiger partial charge on any atom is 0.251 e. The SMILES string of the molecule is CC(C)C[C@@H]1NC(=O)[C@@H]2CCC[C@H]2NC(=O)[C@H](C)NC(=O)C2C[C@@H](NC(=O)c3cccc(Cl)c3)CN2C(=O)[C@H](Cc2ccccc2)NC(=O)[C@H]([C@@H](C)O)NC1=O. The third kappa shape index (κ3) is 10.6. The van der Waals surface area contributed by atoms with E-state index in [1.54, 1.807) is 48.5 Å². The fourth-order valence-electron chi connectivity index (χ4n) is 7.61. The molecule has 16 heteroatoms. The predicted octanol–water partition coefficient (Wildman–Crippen LogP) is 0.967. The van der Waals surface area contributed by atoms with Crippen LogP contribution in [0.1, 0.15) is 75.7 Å². The molecule has 0 bridgehead atoms. The van der Waals surface area contributed by atoms with Gasteiger partial charge in [0.1, 0.15) is 30.2 Å². The number of aliphatic hydroxyl groups excluding tert-OH is 1. The molecule has 7 N–H and O–H groups in total. The lowest BCUT2D eigenvalue weighted by Crippen LogP contribution is -2.61. The second-order valence-electron chi connectivity index (χ2n) is 15.5. The Bertz CT molecular complexity index is 1790. The zero-order chi connectivity index (χ0) is 40.7. The van der Waals surface area contributed by atoms with Crippen molar-refractivity contribution in [2.75, 3.05) is 6.54 Å². The number of nitrogens with one attached hydrogen (secondary N) is 6. The smallest absolute Gasteiger partial charge is 0.251 e. The molecule has 0 spiro atoms. The first kappa shape index (κ1) is 42.1. The molecule has 0 radical (unpaired) electrons. The fraction of sp³-hybridized carbons (Fsp3) is 0.525. The van der Waals surface area contributed by atoms with Crippen LogP contribution in [0.5, 0.6) is 0 Å². The van der Waals surface area contributed by atoms with Gasteiger partial charge in [0.15, 0.2) is 0 Å². The molecule has 15 nitrogen and oxygen atoms in total. The molecule has 2 aliphatic heterocycles. The van der Waals surface area contributed by atoms with Crippen molar-refractivity contribution in [3.05, 3.63) is 70.7 Å². The van der Waals surface area contributed by atoms with Crippen LogP contribution in [0.3, 0.4) is 0 Å². The van der Waals surface area contributed by atoms with E-state index in [0.29, 0.717) is 29.8 Å². The molecule has 2 aromatic rings. The standard InChI is InChI=1S/C40H52ClN7O8/c1-21(2)16-30-37(53)47-33(23(4)49)39(55)46-31(17-24-10-6-5-7-11-24)40(56)48-20-27(43-35(51)25-12-8-13-26(41)18-25)19-32(48)38(54)42-22(3)34(50)44-29-15-9-14-28(29)36(52)45-30/h5-8,10-13,18,21-23,27-33,49H,9,14-17,19-20H2,1-4H3,(H,42,54)(H,43,51)(H,44,50)(H,45,52)(H,46,55)(H,47,53)/t22-,23+,27+,28+,29+,30-,31-,32?,33-/m0/s1. The molecule has 9 atom stereocenters. The van der Waals surface area contributed by atoms with Crippen molar-refractivity contribution in [3.63, 3.8) is 0 Å². The third-order valence-electron chi connectivity index (χ3n) is 10.5. The Morgan fingerprint density at radius 2 is 1.55 bits per heavy atom. The van der Waals surface area contributed by atoms with Gasteiger partial charge in [0.2, 0.25) is 35.4 Å². The Balaban J connectivity index is 1.51. The summed E-state index contributed by atoms with van der Waals surface area (Å²) in [6.07, 6.45) is 0.360. The number of hydrogen-bond donors (Lipinski definition) is 7. The first-order valence-corrected chi connectivity index (χ1v) is 19.6. The lowest BCUT2D eigenvalue weighted by atomic mass is 9.98. The van der Waals surface area contributed by atoms with Crippen LogP contribution in [0.15, 0.2) is 54.6 Å². The number of rotatable bonds is 7. The third-order valence-corrected chi connectivity index (χ3v) is 10.8. The lowest BCUT2D eigenvalue weighted by molar-refractivity contribution is -0.143. The highest BCUT2D eigenvalue weighted by Crippen LogP contribution is 2.27. The summed E-state index contributed by atoms with van der Waals surface area (Å²) in [6.45, 7) is 6.46. The normalized spacial score (nSPS) is 28.7. The molecule has 0 aromatic heterocycles. The van der Waals surface area contributed by atoms with Crippen molar-refractivity contribution in [2.45, 2.75) is 115 Å². The van der Waals surface area contributed by atoms with E-state index in [1.807, 2.05) is 13.8 Å². The average Bonchev–Trinajstić information content (AvgIpc) is 3.80. The second kappa shape index (κ2) is 18.7. The van der Waals surface area contributed by atoms with Crippen LogP contribution < -0.4 is 31.9 Å². The number of carbonyl (C=O) groups excluding carboxylic acids is 7. The number of halogens is 1. The number of benzene rings is 2. The summed E-state index contributed by atoms with van der Waals surface area (Å²) < 4.78 is 0. The van der Waals surface area contributed by atoms with E-state index in [-0.39, 0.29) is 37.3 Å². The van der Waals surface area contributed by atoms with Crippen molar-refractivity contribution in [2.24, 2.45) is 11.8 Å². The summed E-state index contributed by atoms with van der Waals surface area (Å²) in [6, 6.07) is 7.74. The van der Waals surface area contributed by atoms with Gasteiger partial charge >= 0.3 is 0 Å². The highest BCUT2D eigenvalue weighted by Gasteiger charge is 2.45. The molecule has 2 aromatic carbocycles. The molecule has 7 amide bonds. The van der Waals surface area contributed by atoms with Crippen LogP contribution in [0.2, 0.25) is 5.02 Å². The van der Waals surface area contributed by atoms with Crippen LogP contribution in [-0.2, 0) is 35.2 Å². The summed E-state index contributed by atoms with van der Waals surface area (Å²) in [5, 5.41) is 27.8. The quantitative estimate of drug-likeness (QED) is 0.214. The van der Waals surface area contributed by atoms with E-state index in [0.717, 1.165) is 0 Å². The Labute approximate surface area is 331 Å². The van der Waals surface area contributed by atoms with Gasteiger partial charge in [0, 0.05) is 35.6 Å². The molecule has 56 heavy (non-hydrogen) atoms. The van der Waals surface area contributed by atoms with Crippen molar-refractivity contribution in [3.8, 4) is 0 Å². The molecule has 1 unspecified atom stereocenters. The monoisotopic (exact) mass is 793 g/mol. The molecule has 5 rings (SSSR count).